The smallest absolute Gasteiger partial charge is 0.241 e. The van der Waals surface area contributed by atoms with E-state index in [1.807, 2.05) is 0 Å². The Morgan fingerprint density at radius 3 is 2.86 bits per heavy atom. The van der Waals surface area contributed by atoms with Gasteiger partial charge >= 0.3 is 0 Å². The normalized spacial score (nSPS) is 18.0. The van der Waals surface area contributed by atoms with E-state index in [1.165, 1.54) is 6.07 Å². The summed E-state index contributed by atoms with van der Waals surface area (Å²) in [7, 11) is -3.72. The van der Waals surface area contributed by atoms with Crippen LogP contribution in [0.15, 0.2) is 23.1 Å². The van der Waals surface area contributed by atoms with Crippen LogP contribution >= 0.6 is 0 Å². The van der Waals surface area contributed by atoms with Gasteiger partial charge in [0.25, 0.3) is 0 Å². The Hall–Kier alpha value is -1.88. The highest BCUT2D eigenvalue weighted by molar-refractivity contribution is 7.89. The van der Waals surface area contributed by atoms with Crippen molar-refractivity contribution in [1.29, 1.82) is 0 Å². The minimum Gasteiger partial charge on any atom is -0.384 e. The van der Waals surface area contributed by atoms with E-state index in [9.17, 15) is 13.2 Å². The summed E-state index contributed by atoms with van der Waals surface area (Å²) in [5.41, 5.74) is 1.10. The van der Waals surface area contributed by atoms with E-state index in [2.05, 4.69) is 21.9 Å². The molecule has 0 aromatic heterocycles. The van der Waals surface area contributed by atoms with Crippen LogP contribution in [0.2, 0.25) is 0 Å². The van der Waals surface area contributed by atoms with Crippen LogP contribution < -0.4 is 10.0 Å². The lowest BCUT2D eigenvalue weighted by molar-refractivity contribution is -0.119. The van der Waals surface area contributed by atoms with E-state index in [4.69, 9.17) is 5.11 Å². The zero-order valence-corrected chi connectivity index (χ0v) is 12.3. The van der Waals surface area contributed by atoms with Gasteiger partial charge in [0.2, 0.25) is 15.9 Å². The first kappa shape index (κ1) is 15.5. The Labute approximate surface area is 123 Å². The Balaban J connectivity index is 2.28. The predicted molar refractivity (Wildman–Crippen MR) is 76.9 cm³/mol. The first-order chi connectivity index (χ1) is 9.92. The van der Waals surface area contributed by atoms with Gasteiger partial charge in [0, 0.05) is 24.6 Å². The summed E-state index contributed by atoms with van der Waals surface area (Å²) in [6.07, 6.45) is 0.141. The van der Waals surface area contributed by atoms with E-state index in [0.717, 1.165) is 0 Å². The lowest BCUT2D eigenvalue weighted by atomic mass is 10.1. The molecule has 0 aliphatic carbocycles. The van der Waals surface area contributed by atoms with Gasteiger partial charge in [0.15, 0.2) is 0 Å². The molecular weight excluding hydrogens is 292 g/mol. The number of rotatable bonds is 3. The van der Waals surface area contributed by atoms with E-state index in [1.54, 1.807) is 19.1 Å². The molecule has 1 fully saturated rings. The molecule has 1 unspecified atom stereocenters. The number of carbonyl (C=O) groups excluding carboxylic acids is 1. The Kier molecular flexibility index (Phi) is 4.63. The van der Waals surface area contributed by atoms with E-state index in [0.29, 0.717) is 17.7 Å². The van der Waals surface area contributed by atoms with Crippen LogP contribution in [0.4, 0.5) is 0 Å². The molecule has 1 amide bonds. The maximum absolute atomic E-state index is 12.4. The lowest BCUT2D eigenvalue weighted by Gasteiger charge is -2.13. The second-order valence-electron chi connectivity index (χ2n) is 4.77. The molecule has 0 bridgehead atoms. The van der Waals surface area contributed by atoms with E-state index >= 15 is 0 Å². The molecule has 1 heterocycles. The maximum atomic E-state index is 12.4. The van der Waals surface area contributed by atoms with Crippen molar-refractivity contribution >= 4 is 15.9 Å². The van der Waals surface area contributed by atoms with Crippen LogP contribution in [0, 0.1) is 18.8 Å². The molecule has 0 spiro atoms. The van der Waals surface area contributed by atoms with Crippen LogP contribution in [0.1, 0.15) is 17.5 Å². The SMILES string of the molecule is Cc1ccc(C#CCO)cc1S(=O)(=O)NC1CNC(=O)C1. The molecule has 6 nitrogen and oxygen atoms in total. The average molecular weight is 308 g/mol. The van der Waals surface area contributed by atoms with Crippen molar-refractivity contribution in [3.05, 3.63) is 29.3 Å². The summed E-state index contributed by atoms with van der Waals surface area (Å²) >= 11 is 0. The van der Waals surface area contributed by atoms with Crippen molar-refractivity contribution in [2.75, 3.05) is 13.2 Å². The molecule has 1 aromatic carbocycles. The van der Waals surface area contributed by atoms with Crippen molar-refractivity contribution in [2.24, 2.45) is 0 Å². The summed E-state index contributed by atoms with van der Waals surface area (Å²) in [6, 6.07) is 4.38. The molecule has 21 heavy (non-hydrogen) atoms. The highest BCUT2D eigenvalue weighted by atomic mass is 32.2. The number of aliphatic hydroxyl groups is 1. The van der Waals surface area contributed by atoms with Gasteiger partial charge in [-0.15, -0.1) is 0 Å². The molecular formula is C14H16N2O4S. The van der Waals surface area contributed by atoms with Crippen LogP contribution in [0.5, 0.6) is 0 Å². The zero-order chi connectivity index (χ0) is 15.5. The van der Waals surface area contributed by atoms with Gasteiger partial charge in [-0.05, 0) is 24.6 Å². The number of hydrogen-bond acceptors (Lipinski definition) is 4. The molecule has 1 aromatic rings. The standard InChI is InChI=1S/C14H16N2O4S/c1-10-4-5-11(3-2-6-17)7-13(10)21(19,20)16-12-8-14(18)15-9-12/h4-5,7,12,16-17H,6,8-9H2,1H3,(H,15,18). The highest BCUT2D eigenvalue weighted by Gasteiger charge is 2.27. The summed E-state index contributed by atoms with van der Waals surface area (Å²) in [4.78, 5) is 11.3. The second kappa shape index (κ2) is 6.26. The quantitative estimate of drug-likeness (QED) is 0.656. The molecule has 112 valence electrons. The summed E-state index contributed by atoms with van der Waals surface area (Å²) in [5, 5.41) is 11.3. The Morgan fingerprint density at radius 1 is 1.48 bits per heavy atom. The molecule has 3 N–H and O–H groups in total. The highest BCUT2D eigenvalue weighted by Crippen LogP contribution is 2.18. The number of aryl methyl sites for hydroxylation is 1. The first-order valence-corrected chi connectivity index (χ1v) is 7.90. The van der Waals surface area contributed by atoms with Gasteiger partial charge < -0.3 is 10.4 Å². The third-order valence-electron chi connectivity index (χ3n) is 3.09. The van der Waals surface area contributed by atoms with Gasteiger partial charge in [-0.2, -0.15) is 0 Å². The number of nitrogens with one attached hydrogen (secondary N) is 2. The summed E-state index contributed by atoms with van der Waals surface area (Å²) in [6.45, 7) is 1.70. The number of sulfonamides is 1. The van der Waals surface area contributed by atoms with Crippen molar-refractivity contribution in [1.82, 2.24) is 10.0 Å². The Morgan fingerprint density at radius 2 is 2.24 bits per heavy atom. The minimum absolute atomic E-state index is 0.131. The third-order valence-corrected chi connectivity index (χ3v) is 4.75. The second-order valence-corrected chi connectivity index (χ2v) is 6.45. The summed E-state index contributed by atoms with van der Waals surface area (Å²) < 4.78 is 27.3. The fourth-order valence-corrected chi connectivity index (χ4v) is 3.59. The number of hydrogen-bond donors (Lipinski definition) is 3. The van der Waals surface area contributed by atoms with Crippen LogP contribution in [-0.4, -0.2) is 38.6 Å². The molecule has 1 aliphatic rings. The average Bonchev–Trinajstić information content (AvgIpc) is 2.82. The van der Waals surface area contributed by atoms with Crippen molar-refractivity contribution in [3.63, 3.8) is 0 Å². The van der Waals surface area contributed by atoms with Gasteiger partial charge in [-0.3, -0.25) is 4.79 Å². The third kappa shape index (κ3) is 3.82. The maximum Gasteiger partial charge on any atom is 0.241 e. The number of benzene rings is 1. The van der Waals surface area contributed by atoms with Crippen molar-refractivity contribution in [2.45, 2.75) is 24.3 Å². The molecule has 7 heteroatoms. The molecule has 0 saturated carbocycles. The Bertz CT molecular complexity index is 716. The fourth-order valence-electron chi connectivity index (χ4n) is 2.08. The van der Waals surface area contributed by atoms with Gasteiger partial charge in [0.1, 0.15) is 6.61 Å². The topological polar surface area (TPSA) is 95.5 Å². The van der Waals surface area contributed by atoms with Crippen LogP contribution in [-0.2, 0) is 14.8 Å². The molecule has 0 radical (unpaired) electrons. The number of amides is 1. The van der Waals surface area contributed by atoms with Gasteiger partial charge in [0.05, 0.1) is 4.90 Å². The minimum atomic E-state index is -3.72. The van der Waals surface area contributed by atoms with Crippen molar-refractivity contribution in [3.8, 4) is 11.8 Å². The van der Waals surface area contributed by atoms with Crippen LogP contribution in [0.25, 0.3) is 0 Å². The lowest BCUT2D eigenvalue weighted by Crippen LogP contribution is -2.36. The number of carbonyl (C=O) groups is 1. The summed E-state index contributed by atoms with van der Waals surface area (Å²) in [5.74, 6) is 4.99. The first-order valence-electron chi connectivity index (χ1n) is 6.42. The van der Waals surface area contributed by atoms with Gasteiger partial charge in [-0.1, -0.05) is 17.9 Å². The number of aliphatic hydroxyl groups excluding tert-OH is 1. The predicted octanol–water partition coefficient (Wildman–Crippen LogP) is -0.494. The molecule has 1 atom stereocenters. The van der Waals surface area contributed by atoms with Gasteiger partial charge in [-0.25, -0.2) is 13.1 Å². The monoisotopic (exact) mass is 308 g/mol. The largest absolute Gasteiger partial charge is 0.384 e. The zero-order valence-electron chi connectivity index (χ0n) is 11.5. The molecule has 2 rings (SSSR count). The van der Waals surface area contributed by atoms with Crippen molar-refractivity contribution < 1.29 is 18.3 Å². The fraction of sp³-hybridized carbons (Fsp3) is 0.357. The molecule has 1 aliphatic heterocycles. The van der Waals surface area contributed by atoms with Crippen LogP contribution in [0.3, 0.4) is 0 Å². The van der Waals surface area contributed by atoms with E-state index < -0.39 is 16.1 Å². The molecule has 1 saturated heterocycles. The van der Waals surface area contributed by atoms with E-state index in [-0.39, 0.29) is 23.8 Å².